The van der Waals surface area contributed by atoms with Gasteiger partial charge in [-0.1, -0.05) is 0 Å². The van der Waals surface area contributed by atoms with E-state index in [1.165, 1.54) is 6.08 Å². The van der Waals surface area contributed by atoms with Crippen molar-refractivity contribution in [2.24, 2.45) is 0 Å². The van der Waals surface area contributed by atoms with Crippen molar-refractivity contribution in [1.29, 1.82) is 0 Å². The number of rotatable bonds is 7. The van der Waals surface area contributed by atoms with Crippen LogP contribution in [0.2, 0.25) is 0 Å². The molecule has 0 radical (unpaired) electrons. The van der Waals surface area contributed by atoms with Crippen LogP contribution < -0.4 is 10.2 Å². The molecule has 0 bridgehead atoms. The first-order valence-electron chi connectivity index (χ1n) is 8.77. The summed E-state index contributed by atoms with van der Waals surface area (Å²) in [6.45, 7) is 7.76. The molecular formula is C18H29N5O2. The van der Waals surface area contributed by atoms with Gasteiger partial charge in [-0.15, -0.1) is 0 Å². The summed E-state index contributed by atoms with van der Waals surface area (Å²) in [4.78, 5) is 24.5. The molecule has 0 spiro atoms. The van der Waals surface area contributed by atoms with Crippen molar-refractivity contribution in [3.05, 3.63) is 24.0 Å². The third kappa shape index (κ3) is 6.80. The zero-order chi connectivity index (χ0) is 18.2. The topological polar surface area (TPSA) is 70.6 Å². The molecule has 138 valence electrons. The summed E-state index contributed by atoms with van der Waals surface area (Å²) in [6.07, 6.45) is 8.14. The number of ether oxygens (including phenoxy) is 1. The lowest BCUT2D eigenvalue weighted by atomic mass is 10.2. The quantitative estimate of drug-likeness (QED) is 0.590. The summed E-state index contributed by atoms with van der Waals surface area (Å²) < 4.78 is 5.72. The molecule has 0 unspecified atom stereocenters. The molecule has 1 aliphatic heterocycles. The number of aromatic nitrogens is 2. The number of carbonyl (C=O) groups excluding carboxylic acids is 1. The van der Waals surface area contributed by atoms with Gasteiger partial charge in [0.05, 0.1) is 12.2 Å². The van der Waals surface area contributed by atoms with Gasteiger partial charge in [-0.05, 0) is 26.3 Å². The number of carbonyl (C=O) groups is 1. The van der Waals surface area contributed by atoms with Gasteiger partial charge in [0.1, 0.15) is 0 Å². The molecule has 0 saturated carbocycles. The van der Waals surface area contributed by atoms with Crippen molar-refractivity contribution in [2.75, 3.05) is 45.2 Å². The van der Waals surface area contributed by atoms with Crippen LogP contribution in [0.15, 0.2) is 18.5 Å². The van der Waals surface area contributed by atoms with E-state index in [-0.39, 0.29) is 18.1 Å². The first-order chi connectivity index (χ1) is 11.9. The highest BCUT2D eigenvalue weighted by atomic mass is 16.5. The minimum Gasteiger partial charge on any atom is -0.373 e. The monoisotopic (exact) mass is 347 g/mol. The largest absolute Gasteiger partial charge is 0.373 e. The molecule has 1 saturated heterocycles. The SMILES string of the molecule is C[C@@H]1CN(CCCNC(=O)/C=C/c2cnc(N(C)C)nc2)C[C@H](C)O1. The van der Waals surface area contributed by atoms with Gasteiger partial charge in [0, 0.05) is 64.3 Å². The first-order valence-corrected chi connectivity index (χ1v) is 8.77. The van der Waals surface area contributed by atoms with Crippen LogP contribution in [0.1, 0.15) is 25.8 Å². The minimum absolute atomic E-state index is 0.0969. The van der Waals surface area contributed by atoms with E-state index in [9.17, 15) is 4.79 Å². The van der Waals surface area contributed by atoms with Crippen molar-refractivity contribution in [3.63, 3.8) is 0 Å². The average molecular weight is 347 g/mol. The Labute approximate surface area is 150 Å². The molecule has 1 aliphatic rings. The molecule has 1 fully saturated rings. The van der Waals surface area contributed by atoms with Crippen molar-refractivity contribution >= 4 is 17.9 Å². The van der Waals surface area contributed by atoms with Gasteiger partial charge in [0.15, 0.2) is 0 Å². The maximum Gasteiger partial charge on any atom is 0.244 e. The van der Waals surface area contributed by atoms with Gasteiger partial charge < -0.3 is 15.0 Å². The highest BCUT2D eigenvalue weighted by Crippen LogP contribution is 2.10. The van der Waals surface area contributed by atoms with Crippen LogP contribution in [0.25, 0.3) is 6.08 Å². The number of nitrogens with one attached hydrogen (secondary N) is 1. The van der Waals surface area contributed by atoms with E-state index in [1.807, 2.05) is 19.0 Å². The van der Waals surface area contributed by atoms with Crippen LogP contribution >= 0.6 is 0 Å². The predicted octanol–water partition coefficient (Wildman–Crippen LogP) is 1.17. The molecule has 2 atom stereocenters. The summed E-state index contributed by atoms with van der Waals surface area (Å²) in [7, 11) is 3.77. The van der Waals surface area contributed by atoms with Crippen LogP contribution in [-0.2, 0) is 9.53 Å². The van der Waals surface area contributed by atoms with E-state index in [4.69, 9.17) is 4.74 Å². The number of hydrogen-bond acceptors (Lipinski definition) is 6. The van der Waals surface area contributed by atoms with Crippen LogP contribution in [0, 0.1) is 0 Å². The highest BCUT2D eigenvalue weighted by molar-refractivity contribution is 5.91. The Bertz CT molecular complexity index is 563. The second-order valence-corrected chi connectivity index (χ2v) is 6.71. The van der Waals surface area contributed by atoms with Crippen LogP contribution in [-0.4, -0.2) is 73.3 Å². The third-order valence-corrected chi connectivity index (χ3v) is 3.93. The Morgan fingerprint density at radius 1 is 1.32 bits per heavy atom. The molecule has 1 aromatic rings. The van der Waals surface area contributed by atoms with Gasteiger partial charge in [0.25, 0.3) is 0 Å². The Hall–Kier alpha value is -1.99. The molecular weight excluding hydrogens is 318 g/mol. The normalized spacial score (nSPS) is 21.4. The van der Waals surface area contributed by atoms with Crippen molar-refractivity contribution < 1.29 is 9.53 Å². The minimum atomic E-state index is -0.0969. The van der Waals surface area contributed by atoms with Crippen molar-refractivity contribution in [2.45, 2.75) is 32.5 Å². The Kier molecular flexibility index (Phi) is 7.33. The highest BCUT2D eigenvalue weighted by Gasteiger charge is 2.21. The number of nitrogens with zero attached hydrogens (tertiary/aromatic N) is 4. The molecule has 1 aromatic heterocycles. The van der Waals surface area contributed by atoms with Crippen molar-refractivity contribution in [1.82, 2.24) is 20.2 Å². The summed E-state index contributed by atoms with van der Waals surface area (Å²) in [5, 5.41) is 2.91. The maximum atomic E-state index is 11.9. The Morgan fingerprint density at radius 2 is 1.96 bits per heavy atom. The summed E-state index contributed by atoms with van der Waals surface area (Å²) in [6, 6.07) is 0. The molecule has 1 amide bonds. The molecule has 25 heavy (non-hydrogen) atoms. The van der Waals surface area contributed by atoms with E-state index in [2.05, 4.69) is 34.0 Å². The van der Waals surface area contributed by atoms with Gasteiger partial charge in [0.2, 0.25) is 11.9 Å². The van der Waals surface area contributed by atoms with Crippen molar-refractivity contribution in [3.8, 4) is 0 Å². The Balaban J connectivity index is 1.66. The van der Waals surface area contributed by atoms with E-state index < -0.39 is 0 Å². The fourth-order valence-electron chi connectivity index (χ4n) is 2.86. The number of hydrogen-bond donors (Lipinski definition) is 1. The van der Waals surface area contributed by atoms with E-state index in [0.29, 0.717) is 12.5 Å². The fraction of sp³-hybridized carbons (Fsp3) is 0.611. The van der Waals surface area contributed by atoms with Crippen LogP contribution in [0.5, 0.6) is 0 Å². The lowest BCUT2D eigenvalue weighted by Gasteiger charge is -2.35. The van der Waals surface area contributed by atoms with E-state index >= 15 is 0 Å². The second-order valence-electron chi connectivity index (χ2n) is 6.71. The molecule has 2 heterocycles. The Morgan fingerprint density at radius 3 is 2.56 bits per heavy atom. The van der Waals surface area contributed by atoms with E-state index in [0.717, 1.165) is 31.6 Å². The molecule has 0 aliphatic carbocycles. The molecule has 0 aromatic carbocycles. The first kappa shape index (κ1) is 19.3. The summed E-state index contributed by atoms with van der Waals surface area (Å²) >= 11 is 0. The lowest BCUT2D eigenvalue weighted by Crippen LogP contribution is -2.46. The molecule has 1 N–H and O–H groups in total. The summed E-state index contributed by atoms with van der Waals surface area (Å²) in [5.74, 6) is 0.550. The smallest absolute Gasteiger partial charge is 0.244 e. The van der Waals surface area contributed by atoms with Gasteiger partial charge in [-0.3, -0.25) is 9.69 Å². The predicted molar refractivity (Wildman–Crippen MR) is 99.5 cm³/mol. The van der Waals surface area contributed by atoms with Crippen LogP contribution in [0.3, 0.4) is 0 Å². The van der Waals surface area contributed by atoms with Crippen LogP contribution in [0.4, 0.5) is 5.95 Å². The molecule has 7 nitrogen and oxygen atoms in total. The zero-order valence-electron chi connectivity index (χ0n) is 15.6. The molecule has 2 rings (SSSR count). The van der Waals surface area contributed by atoms with Gasteiger partial charge in [-0.25, -0.2) is 9.97 Å². The number of anilines is 1. The fourth-order valence-corrected chi connectivity index (χ4v) is 2.86. The average Bonchev–Trinajstić information content (AvgIpc) is 2.56. The zero-order valence-corrected chi connectivity index (χ0v) is 15.6. The van der Waals surface area contributed by atoms with E-state index in [1.54, 1.807) is 18.5 Å². The third-order valence-electron chi connectivity index (χ3n) is 3.93. The van der Waals surface area contributed by atoms with Gasteiger partial charge in [-0.2, -0.15) is 0 Å². The molecule has 7 heteroatoms. The number of morpholine rings is 1. The number of amides is 1. The standard InChI is InChI=1S/C18H29N5O2/c1-14-12-23(13-15(2)25-14)9-5-8-19-17(24)7-6-16-10-20-18(21-11-16)22(3)4/h6-7,10-11,14-15H,5,8-9,12-13H2,1-4H3,(H,19,24)/b7-6+/t14-,15+. The van der Waals surface area contributed by atoms with Gasteiger partial charge >= 0.3 is 0 Å². The second kappa shape index (κ2) is 9.48. The maximum absolute atomic E-state index is 11.9. The lowest BCUT2D eigenvalue weighted by molar-refractivity contribution is -0.116. The summed E-state index contributed by atoms with van der Waals surface area (Å²) in [5.41, 5.74) is 0.803.